The van der Waals surface area contributed by atoms with Gasteiger partial charge in [-0.25, -0.2) is 5.84 Å². The summed E-state index contributed by atoms with van der Waals surface area (Å²) in [4.78, 5) is 12.1. The molecule has 18 heavy (non-hydrogen) atoms. The van der Waals surface area contributed by atoms with E-state index in [0.717, 1.165) is 12.8 Å². The molecular weight excluding hydrogens is 224 g/mol. The molecule has 1 rings (SSSR count). The molecular formula is C15H28N2O. The Morgan fingerprint density at radius 2 is 1.67 bits per heavy atom. The quantitative estimate of drug-likeness (QED) is 0.355. The number of carbonyl (C=O) groups is 1. The number of hydrogen-bond donors (Lipinski definition) is 1. The lowest BCUT2D eigenvalue weighted by atomic mass is 9.58. The Kier molecular flexibility index (Phi) is 3.97. The van der Waals surface area contributed by atoms with Crippen LogP contribution in [-0.4, -0.2) is 16.5 Å². The smallest absolute Gasteiger partial charge is 0.263 e. The molecule has 0 aromatic carbocycles. The van der Waals surface area contributed by atoms with Crippen LogP contribution in [-0.2, 0) is 4.79 Å². The number of hydrogen-bond acceptors (Lipinski definition) is 2. The molecule has 1 saturated carbocycles. The summed E-state index contributed by atoms with van der Waals surface area (Å²) in [5, 5.41) is 1.43. The van der Waals surface area contributed by atoms with Gasteiger partial charge < -0.3 is 0 Å². The van der Waals surface area contributed by atoms with Crippen molar-refractivity contribution in [2.45, 2.75) is 59.9 Å². The van der Waals surface area contributed by atoms with Gasteiger partial charge in [0, 0.05) is 5.57 Å². The van der Waals surface area contributed by atoms with Crippen LogP contribution in [0, 0.1) is 17.3 Å². The second-order valence-electron chi connectivity index (χ2n) is 6.98. The monoisotopic (exact) mass is 252 g/mol. The highest BCUT2D eigenvalue weighted by Crippen LogP contribution is 2.50. The number of hydrazine groups is 1. The molecule has 0 saturated heterocycles. The van der Waals surface area contributed by atoms with Crippen LogP contribution >= 0.6 is 0 Å². The van der Waals surface area contributed by atoms with Gasteiger partial charge in [-0.1, -0.05) is 34.3 Å². The summed E-state index contributed by atoms with van der Waals surface area (Å²) in [7, 11) is 0. The zero-order valence-electron chi connectivity index (χ0n) is 12.7. The molecule has 2 N–H and O–H groups in total. The first kappa shape index (κ1) is 15.2. The molecule has 3 nitrogen and oxygen atoms in total. The molecule has 1 fully saturated rings. The van der Waals surface area contributed by atoms with Crippen molar-refractivity contribution in [3.63, 3.8) is 0 Å². The maximum atomic E-state index is 12.1. The number of nitrogens with two attached hydrogens (primary N) is 1. The molecule has 1 aliphatic carbocycles. The zero-order valence-corrected chi connectivity index (χ0v) is 12.7. The molecule has 0 aromatic rings. The summed E-state index contributed by atoms with van der Waals surface area (Å²) in [5.74, 6) is 7.23. The lowest BCUT2D eigenvalue weighted by molar-refractivity contribution is -0.145. The van der Waals surface area contributed by atoms with Crippen molar-refractivity contribution in [2.75, 3.05) is 0 Å². The summed E-state index contributed by atoms with van der Waals surface area (Å²) in [6.45, 7) is 16.5. The van der Waals surface area contributed by atoms with Crippen LogP contribution in [0.1, 0.15) is 54.4 Å². The van der Waals surface area contributed by atoms with Crippen molar-refractivity contribution >= 4 is 5.91 Å². The number of carbonyl (C=O) groups excluding carboxylic acids is 1. The first-order valence-electron chi connectivity index (χ1n) is 6.77. The molecule has 0 spiro atoms. The van der Waals surface area contributed by atoms with E-state index >= 15 is 0 Å². The first-order valence-corrected chi connectivity index (χ1v) is 6.77. The fraction of sp³-hybridized carbons (Fsp3) is 0.800. The topological polar surface area (TPSA) is 46.3 Å². The Morgan fingerprint density at radius 3 is 2.11 bits per heavy atom. The van der Waals surface area contributed by atoms with Gasteiger partial charge in [-0.15, -0.1) is 0 Å². The fourth-order valence-electron chi connectivity index (χ4n) is 3.18. The summed E-state index contributed by atoms with van der Waals surface area (Å²) in [5.41, 5.74) is 0.203. The Labute approximate surface area is 111 Å². The molecule has 0 bridgehead atoms. The second-order valence-corrected chi connectivity index (χ2v) is 6.98. The van der Waals surface area contributed by atoms with Crippen LogP contribution in [0.4, 0.5) is 0 Å². The van der Waals surface area contributed by atoms with Gasteiger partial charge in [0.1, 0.15) is 0 Å². The number of nitrogens with zero attached hydrogens (tertiary/aromatic N) is 1. The molecule has 3 heteroatoms. The predicted molar refractivity (Wildman–Crippen MR) is 75.6 cm³/mol. The van der Waals surface area contributed by atoms with E-state index in [1.165, 1.54) is 5.01 Å². The van der Waals surface area contributed by atoms with E-state index in [0.29, 0.717) is 17.4 Å². The predicted octanol–water partition coefficient (Wildman–Crippen LogP) is 3.12. The Morgan fingerprint density at radius 1 is 1.22 bits per heavy atom. The largest absolute Gasteiger partial charge is 0.270 e. The van der Waals surface area contributed by atoms with Gasteiger partial charge in [0.15, 0.2) is 0 Å². The highest BCUT2D eigenvalue weighted by atomic mass is 16.2. The van der Waals surface area contributed by atoms with Crippen LogP contribution in [0.5, 0.6) is 0 Å². The minimum atomic E-state index is -0.311. The Balaban J connectivity index is 3.09. The standard InChI is InChI=1S/C15H28N2O/c1-10(2)13(18)17(16)15(7)9-12(4)11(3)8-14(15,5)6/h11-12H,1,8-9,16H2,2-7H3. The third-order valence-electron chi connectivity index (χ3n) is 5.10. The van der Waals surface area contributed by atoms with Crippen LogP contribution in [0.15, 0.2) is 12.2 Å². The van der Waals surface area contributed by atoms with Crippen LogP contribution in [0.2, 0.25) is 0 Å². The number of rotatable bonds is 2. The molecule has 3 unspecified atom stereocenters. The minimum Gasteiger partial charge on any atom is -0.270 e. The second kappa shape index (κ2) is 4.69. The average molecular weight is 252 g/mol. The summed E-state index contributed by atoms with van der Waals surface area (Å²) >= 11 is 0. The summed E-state index contributed by atoms with van der Waals surface area (Å²) < 4.78 is 0. The van der Waals surface area contributed by atoms with Crippen LogP contribution in [0.25, 0.3) is 0 Å². The Hall–Kier alpha value is -0.830. The van der Waals surface area contributed by atoms with E-state index in [1.807, 2.05) is 0 Å². The van der Waals surface area contributed by atoms with E-state index in [1.54, 1.807) is 6.92 Å². The average Bonchev–Trinajstić information content (AvgIpc) is 2.23. The highest BCUT2D eigenvalue weighted by molar-refractivity contribution is 5.92. The normalized spacial score (nSPS) is 35.1. The third-order valence-corrected chi connectivity index (χ3v) is 5.10. The van der Waals surface area contributed by atoms with Crippen molar-refractivity contribution in [3.8, 4) is 0 Å². The van der Waals surface area contributed by atoms with Crippen molar-refractivity contribution < 1.29 is 4.79 Å². The maximum Gasteiger partial charge on any atom is 0.263 e. The summed E-state index contributed by atoms with van der Waals surface area (Å²) in [6, 6.07) is 0. The van der Waals surface area contributed by atoms with Gasteiger partial charge in [-0.3, -0.25) is 9.80 Å². The van der Waals surface area contributed by atoms with Crippen molar-refractivity contribution in [2.24, 2.45) is 23.1 Å². The summed E-state index contributed by atoms with van der Waals surface area (Å²) in [6.07, 6.45) is 2.03. The fourth-order valence-corrected chi connectivity index (χ4v) is 3.18. The number of amides is 1. The van der Waals surface area contributed by atoms with Gasteiger partial charge in [0.2, 0.25) is 0 Å². The molecule has 0 aromatic heterocycles. The molecule has 0 aliphatic heterocycles. The lowest BCUT2D eigenvalue weighted by Gasteiger charge is -2.56. The van der Waals surface area contributed by atoms with Crippen molar-refractivity contribution in [1.29, 1.82) is 0 Å². The molecule has 0 heterocycles. The highest BCUT2D eigenvalue weighted by Gasteiger charge is 2.51. The molecule has 1 amide bonds. The van der Waals surface area contributed by atoms with Crippen molar-refractivity contribution in [1.82, 2.24) is 5.01 Å². The molecule has 104 valence electrons. The lowest BCUT2D eigenvalue weighted by Crippen LogP contribution is -2.64. The first-order chi connectivity index (χ1) is 8.03. The van der Waals surface area contributed by atoms with E-state index in [4.69, 9.17) is 5.84 Å². The van der Waals surface area contributed by atoms with E-state index in [9.17, 15) is 4.79 Å². The van der Waals surface area contributed by atoms with Crippen LogP contribution in [0.3, 0.4) is 0 Å². The van der Waals surface area contributed by atoms with Crippen LogP contribution < -0.4 is 5.84 Å². The molecule has 0 radical (unpaired) electrons. The van der Waals surface area contributed by atoms with Gasteiger partial charge in [-0.05, 0) is 43.9 Å². The van der Waals surface area contributed by atoms with Gasteiger partial charge in [-0.2, -0.15) is 0 Å². The van der Waals surface area contributed by atoms with Crippen molar-refractivity contribution in [3.05, 3.63) is 12.2 Å². The van der Waals surface area contributed by atoms with Gasteiger partial charge >= 0.3 is 0 Å². The Bertz CT molecular complexity index is 362. The molecule has 3 atom stereocenters. The minimum absolute atomic E-state index is 0.0127. The van der Waals surface area contributed by atoms with E-state index in [2.05, 4.69) is 41.2 Å². The van der Waals surface area contributed by atoms with Gasteiger partial charge in [0.05, 0.1) is 5.54 Å². The maximum absolute atomic E-state index is 12.1. The van der Waals surface area contributed by atoms with E-state index in [-0.39, 0.29) is 16.9 Å². The zero-order chi connectivity index (χ0) is 14.3. The SMILES string of the molecule is C=C(C)C(=O)N(N)C1(C)CC(C)C(C)CC1(C)C. The van der Waals surface area contributed by atoms with E-state index < -0.39 is 0 Å². The third kappa shape index (κ3) is 2.33. The van der Waals surface area contributed by atoms with Gasteiger partial charge in [0.25, 0.3) is 5.91 Å². The molecule has 1 aliphatic rings.